The monoisotopic (exact) mass is 242 g/mol. The van der Waals surface area contributed by atoms with E-state index in [0.29, 0.717) is 0 Å². The number of benzene rings is 1. The Labute approximate surface area is 107 Å². The molecule has 0 unspecified atom stereocenters. The fraction of sp³-hybridized carbons (Fsp3) is 0.400. The molecule has 18 heavy (non-hydrogen) atoms. The average Bonchev–Trinajstić information content (AvgIpc) is 2.41. The van der Waals surface area contributed by atoms with Crippen molar-refractivity contribution in [3.8, 4) is 0 Å². The van der Waals surface area contributed by atoms with Crippen molar-refractivity contribution >= 4 is 16.6 Å². The standard InChI is InChI=1S/C15H18N2O/c18-15-6-2-1-5-14(15)17-12-7-8-13-11(10-12)4-3-9-16-13/h3-4,7-10,14-15,17-18H,1-2,5-6H2/t14-,15-/m0/s1. The number of fused-ring (bicyclic) bond motifs is 1. The molecule has 1 heterocycles. The molecule has 0 spiro atoms. The molecule has 0 radical (unpaired) electrons. The lowest BCUT2D eigenvalue weighted by Gasteiger charge is -2.29. The third-order valence-electron chi connectivity index (χ3n) is 3.68. The first-order valence-corrected chi connectivity index (χ1v) is 6.62. The summed E-state index contributed by atoms with van der Waals surface area (Å²) in [6, 6.07) is 10.4. The van der Waals surface area contributed by atoms with E-state index in [1.54, 1.807) is 6.20 Å². The molecule has 0 saturated heterocycles. The molecule has 2 atom stereocenters. The summed E-state index contributed by atoms with van der Waals surface area (Å²) in [5, 5.41) is 14.5. The molecule has 3 nitrogen and oxygen atoms in total. The number of aliphatic hydroxyl groups is 1. The van der Waals surface area contributed by atoms with Gasteiger partial charge in [0.1, 0.15) is 0 Å². The molecule has 1 aliphatic rings. The van der Waals surface area contributed by atoms with E-state index in [9.17, 15) is 5.11 Å². The van der Waals surface area contributed by atoms with E-state index >= 15 is 0 Å². The quantitative estimate of drug-likeness (QED) is 0.851. The molecule has 2 aromatic rings. The number of anilines is 1. The van der Waals surface area contributed by atoms with Crippen LogP contribution in [0.3, 0.4) is 0 Å². The van der Waals surface area contributed by atoms with E-state index in [-0.39, 0.29) is 12.1 Å². The Morgan fingerprint density at radius 3 is 2.94 bits per heavy atom. The highest BCUT2D eigenvalue weighted by atomic mass is 16.3. The minimum Gasteiger partial charge on any atom is -0.391 e. The van der Waals surface area contributed by atoms with Gasteiger partial charge in [0.15, 0.2) is 0 Å². The second kappa shape index (κ2) is 4.94. The highest BCUT2D eigenvalue weighted by Crippen LogP contribution is 2.24. The van der Waals surface area contributed by atoms with Crippen molar-refractivity contribution in [2.45, 2.75) is 37.8 Å². The summed E-state index contributed by atoms with van der Waals surface area (Å²) in [5.74, 6) is 0. The first kappa shape index (κ1) is 11.5. The number of aliphatic hydroxyl groups excluding tert-OH is 1. The molecule has 0 aliphatic heterocycles. The Hall–Kier alpha value is -1.61. The van der Waals surface area contributed by atoms with Crippen LogP contribution >= 0.6 is 0 Å². The average molecular weight is 242 g/mol. The van der Waals surface area contributed by atoms with Crippen molar-refractivity contribution in [1.82, 2.24) is 4.98 Å². The highest BCUT2D eigenvalue weighted by molar-refractivity contribution is 5.82. The van der Waals surface area contributed by atoms with E-state index in [0.717, 1.165) is 35.9 Å². The van der Waals surface area contributed by atoms with Crippen molar-refractivity contribution in [1.29, 1.82) is 0 Å². The highest BCUT2D eigenvalue weighted by Gasteiger charge is 2.22. The van der Waals surface area contributed by atoms with Crippen LogP contribution in [0.1, 0.15) is 25.7 Å². The van der Waals surface area contributed by atoms with Gasteiger partial charge in [-0.15, -0.1) is 0 Å². The normalized spacial score (nSPS) is 24.1. The van der Waals surface area contributed by atoms with Crippen LogP contribution in [0.15, 0.2) is 36.5 Å². The van der Waals surface area contributed by atoms with Crippen LogP contribution in [0.2, 0.25) is 0 Å². The fourth-order valence-corrected chi connectivity index (χ4v) is 2.66. The fourth-order valence-electron chi connectivity index (χ4n) is 2.66. The van der Waals surface area contributed by atoms with Crippen molar-refractivity contribution in [3.05, 3.63) is 36.5 Å². The van der Waals surface area contributed by atoms with Crippen molar-refractivity contribution in [2.75, 3.05) is 5.32 Å². The lowest BCUT2D eigenvalue weighted by atomic mass is 9.92. The minimum absolute atomic E-state index is 0.188. The van der Waals surface area contributed by atoms with Crippen molar-refractivity contribution < 1.29 is 5.11 Å². The first-order valence-electron chi connectivity index (χ1n) is 6.62. The molecule has 1 fully saturated rings. The maximum Gasteiger partial charge on any atom is 0.0741 e. The number of nitrogens with one attached hydrogen (secondary N) is 1. The molecule has 1 saturated carbocycles. The lowest BCUT2D eigenvalue weighted by Crippen LogP contribution is -2.36. The van der Waals surface area contributed by atoms with E-state index in [4.69, 9.17) is 0 Å². The maximum atomic E-state index is 9.97. The van der Waals surface area contributed by atoms with Crippen LogP contribution in [0, 0.1) is 0 Å². The Bertz CT molecular complexity index is 541. The van der Waals surface area contributed by atoms with E-state index in [1.807, 2.05) is 18.2 Å². The zero-order chi connectivity index (χ0) is 12.4. The van der Waals surface area contributed by atoms with E-state index < -0.39 is 0 Å². The lowest BCUT2D eigenvalue weighted by molar-refractivity contribution is 0.116. The second-order valence-electron chi connectivity index (χ2n) is 5.01. The smallest absolute Gasteiger partial charge is 0.0741 e. The first-order chi connectivity index (χ1) is 8.83. The Kier molecular flexibility index (Phi) is 3.15. The number of aromatic nitrogens is 1. The zero-order valence-electron chi connectivity index (χ0n) is 10.3. The predicted molar refractivity (Wildman–Crippen MR) is 73.6 cm³/mol. The molecule has 0 bridgehead atoms. The summed E-state index contributed by atoms with van der Waals surface area (Å²) in [7, 11) is 0. The predicted octanol–water partition coefficient (Wildman–Crippen LogP) is 2.95. The van der Waals surface area contributed by atoms with Gasteiger partial charge < -0.3 is 10.4 Å². The molecule has 1 aliphatic carbocycles. The van der Waals surface area contributed by atoms with Gasteiger partial charge in [0.25, 0.3) is 0 Å². The van der Waals surface area contributed by atoms with Crippen molar-refractivity contribution in [3.63, 3.8) is 0 Å². The number of hydrogen-bond donors (Lipinski definition) is 2. The molecule has 1 aromatic carbocycles. The molecular weight excluding hydrogens is 224 g/mol. The third-order valence-corrected chi connectivity index (χ3v) is 3.68. The van der Waals surface area contributed by atoms with Gasteiger partial charge in [-0.1, -0.05) is 18.9 Å². The summed E-state index contributed by atoms with van der Waals surface area (Å²) in [5.41, 5.74) is 2.08. The molecule has 94 valence electrons. The van der Waals surface area contributed by atoms with Crippen molar-refractivity contribution in [2.24, 2.45) is 0 Å². The van der Waals surface area contributed by atoms with Crippen LogP contribution in [0.4, 0.5) is 5.69 Å². The maximum absolute atomic E-state index is 9.97. The van der Waals surface area contributed by atoms with Gasteiger partial charge in [0.2, 0.25) is 0 Å². The van der Waals surface area contributed by atoms with Gasteiger partial charge in [0.05, 0.1) is 17.7 Å². The Morgan fingerprint density at radius 1 is 1.17 bits per heavy atom. The van der Waals surface area contributed by atoms with E-state index in [2.05, 4.69) is 22.4 Å². The van der Waals surface area contributed by atoms with Crippen LogP contribution in [0.5, 0.6) is 0 Å². The van der Waals surface area contributed by atoms with Crippen LogP contribution < -0.4 is 5.32 Å². The van der Waals surface area contributed by atoms with Gasteiger partial charge in [-0.2, -0.15) is 0 Å². The summed E-state index contributed by atoms with van der Waals surface area (Å²) in [6.07, 6.45) is 5.88. The summed E-state index contributed by atoms with van der Waals surface area (Å²) in [4.78, 5) is 4.31. The third kappa shape index (κ3) is 2.31. The van der Waals surface area contributed by atoms with Gasteiger partial charge in [0, 0.05) is 17.3 Å². The van der Waals surface area contributed by atoms with Gasteiger partial charge in [-0.3, -0.25) is 4.98 Å². The number of pyridine rings is 1. The molecular formula is C15H18N2O. The Morgan fingerprint density at radius 2 is 2.06 bits per heavy atom. The summed E-state index contributed by atoms with van der Waals surface area (Å²) < 4.78 is 0. The molecule has 1 aromatic heterocycles. The minimum atomic E-state index is -0.219. The number of nitrogens with zero attached hydrogens (tertiary/aromatic N) is 1. The zero-order valence-corrected chi connectivity index (χ0v) is 10.3. The topological polar surface area (TPSA) is 45.1 Å². The molecule has 3 heteroatoms. The van der Waals surface area contributed by atoms with Crippen LogP contribution in [-0.2, 0) is 0 Å². The second-order valence-corrected chi connectivity index (χ2v) is 5.01. The van der Waals surface area contributed by atoms with Gasteiger partial charge in [-0.25, -0.2) is 0 Å². The molecule has 0 amide bonds. The number of hydrogen-bond acceptors (Lipinski definition) is 3. The largest absolute Gasteiger partial charge is 0.391 e. The van der Waals surface area contributed by atoms with E-state index in [1.165, 1.54) is 6.42 Å². The Balaban J connectivity index is 1.81. The number of rotatable bonds is 2. The van der Waals surface area contributed by atoms with Crippen LogP contribution in [0.25, 0.3) is 10.9 Å². The van der Waals surface area contributed by atoms with Gasteiger partial charge in [-0.05, 0) is 37.1 Å². The van der Waals surface area contributed by atoms with Crippen LogP contribution in [-0.4, -0.2) is 22.2 Å². The molecule has 3 rings (SSSR count). The summed E-state index contributed by atoms with van der Waals surface area (Å²) >= 11 is 0. The van der Waals surface area contributed by atoms with Gasteiger partial charge >= 0.3 is 0 Å². The SMILES string of the molecule is O[C@H]1CCCC[C@@H]1Nc1ccc2ncccc2c1. The summed E-state index contributed by atoms with van der Waals surface area (Å²) in [6.45, 7) is 0. The molecule has 2 N–H and O–H groups in total.